The van der Waals surface area contributed by atoms with Crippen LogP contribution >= 0.6 is 12.4 Å². The van der Waals surface area contributed by atoms with Crippen molar-refractivity contribution in [1.29, 1.82) is 0 Å². The molecule has 0 bridgehead atoms. The van der Waals surface area contributed by atoms with E-state index >= 15 is 0 Å². The highest BCUT2D eigenvalue weighted by molar-refractivity contribution is 5.85. The first kappa shape index (κ1) is 15.9. The van der Waals surface area contributed by atoms with Gasteiger partial charge >= 0.3 is 0 Å². The third-order valence-electron chi connectivity index (χ3n) is 2.40. The summed E-state index contributed by atoms with van der Waals surface area (Å²) < 4.78 is 1.43. The number of rotatable bonds is 4. The molecule has 0 radical (unpaired) electrons. The molecule has 5 nitrogen and oxygen atoms in total. The third-order valence-corrected chi connectivity index (χ3v) is 2.40. The van der Waals surface area contributed by atoms with Crippen molar-refractivity contribution in [2.24, 2.45) is 5.92 Å². The largest absolute Gasteiger partial charge is 0.397 e. The van der Waals surface area contributed by atoms with Crippen molar-refractivity contribution in [3.63, 3.8) is 0 Å². The smallest absolute Gasteiger partial charge is 0.271 e. The molecule has 6 heteroatoms. The minimum Gasteiger partial charge on any atom is -0.397 e. The van der Waals surface area contributed by atoms with Crippen molar-refractivity contribution >= 4 is 18.1 Å². The fourth-order valence-corrected chi connectivity index (χ4v) is 1.53. The third kappa shape index (κ3) is 3.71. The Morgan fingerprint density at radius 1 is 1.47 bits per heavy atom. The Hall–Kier alpha value is -1.07. The molecule has 1 heterocycles. The zero-order chi connectivity index (χ0) is 12.3. The zero-order valence-electron chi connectivity index (χ0n) is 10.4. The van der Waals surface area contributed by atoms with E-state index in [1.807, 2.05) is 13.8 Å². The maximum absolute atomic E-state index is 11.8. The SMILES string of the molecule is Cc1c(N)c(CCO)nn(CC(C)C)c1=O.Cl. The lowest BCUT2D eigenvalue weighted by molar-refractivity contribution is 0.296. The average molecular weight is 262 g/mol. The second-order valence-electron chi connectivity index (χ2n) is 4.34. The van der Waals surface area contributed by atoms with Gasteiger partial charge < -0.3 is 10.8 Å². The Labute approximate surface area is 107 Å². The van der Waals surface area contributed by atoms with Gasteiger partial charge in [-0.15, -0.1) is 12.4 Å². The molecule has 0 aromatic carbocycles. The van der Waals surface area contributed by atoms with Crippen LogP contribution in [-0.2, 0) is 13.0 Å². The lowest BCUT2D eigenvalue weighted by atomic mass is 10.2. The monoisotopic (exact) mass is 261 g/mol. The summed E-state index contributed by atoms with van der Waals surface area (Å²) >= 11 is 0. The molecular weight excluding hydrogens is 242 g/mol. The molecule has 0 saturated carbocycles. The molecule has 17 heavy (non-hydrogen) atoms. The van der Waals surface area contributed by atoms with Gasteiger partial charge in [-0.3, -0.25) is 4.79 Å². The molecule has 0 amide bonds. The van der Waals surface area contributed by atoms with Crippen LogP contribution in [-0.4, -0.2) is 21.5 Å². The number of aromatic nitrogens is 2. The summed E-state index contributed by atoms with van der Waals surface area (Å²) in [5.74, 6) is 0.343. The van der Waals surface area contributed by atoms with Gasteiger partial charge in [0.1, 0.15) is 0 Å². The van der Waals surface area contributed by atoms with E-state index in [-0.39, 0.29) is 24.6 Å². The number of hydrogen-bond acceptors (Lipinski definition) is 4. The molecule has 0 saturated heterocycles. The van der Waals surface area contributed by atoms with Crippen LogP contribution < -0.4 is 11.3 Å². The summed E-state index contributed by atoms with van der Waals surface area (Å²) in [4.78, 5) is 11.8. The van der Waals surface area contributed by atoms with E-state index in [1.165, 1.54) is 4.68 Å². The Balaban J connectivity index is 0.00000256. The van der Waals surface area contributed by atoms with E-state index in [4.69, 9.17) is 10.8 Å². The van der Waals surface area contributed by atoms with Gasteiger partial charge in [0.15, 0.2) is 0 Å². The summed E-state index contributed by atoms with van der Waals surface area (Å²) in [6.45, 7) is 6.28. The van der Waals surface area contributed by atoms with E-state index in [0.717, 1.165) is 0 Å². The number of nitrogens with zero attached hydrogens (tertiary/aromatic N) is 2. The predicted molar refractivity (Wildman–Crippen MR) is 70.5 cm³/mol. The molecule has 0 aliphatic rings. The topological polar surface area (TPSA) is 81.1 Å². The number of nitrogens with two attached hydrogens (primary N) is 1. The van der Waals surface area contributed by atoms with Crippen molar-refractivity contribution in [3.05, 3.63) is 21.6 Å². The number of aliphatic hydroxyl groups excluding tert-OH is 1. The van der Waals surface area contributed by atoms with Gasteiger partial charge in [0.25, 0.3) is 5.56 Å². The Morgan fingerprint density at radius 3 is 2.53 bits per heavy atom. The highest BCUT2D eigenvalue weighted by Crippen LogP contribution is 2.11. The fourth-order valence-electron chi connectivity index (χ4n) is 1.53. The molecule has 0 aliphatic carbocycles. The van der Waals surface area contributed by atoms with E-state index in [9.17, 15) is 4.79 Å². The molecule has 0 spiro atoms. The van der Waals surface area contributed by atoms with Crippen molar-refractivity contribution < 1.29 is 5.11 Å². The Morgan fingerprint density at radius 2 is 2.06 bits per heavy atom. The first-order valence-electron chi connectivity index (χ1n) is 5.44. The summed E-state index contributed by atoms with van der Waals surface area (Å²) in [6, 6.07) is 0. The zero-order valence-corrected chi connectivity index (χ0v) is 11.3. The first-order valence-corrected chi connectivity index (χ1v) is 5.44. The summed E-state index contributed by atoms with van der Waals surface area (Å²) in [5, 5.41) is 13.1. The van der Waals surface area contributed by atoms with Gasteiger partial charge in [-0.05, 0) is 12.8 Å². The quantitative estimate of drug-likeness (QED) is 0.838. The van der Waals surface area contributed by atoms with Crippen molar-refractivity contribution in [3.8, 4) is 0 Å². The summed E-state index contributed by atoms with van der Waals surface area (Å²) in [7, 11) is 0. The molecule has 0 unspecified atom stereocenters. The van der Waals surface area contributed by atoms with Crippen LogP contribution in [0.4, 0.5) is 5.69 Å². The summed E-state index contributed by atoms with van der Waals surface area (Å²) in [5.41, 5.74) is 7.15. The van der Waals surface area contributed by atoms with Crippen LogP contribution in [0.3, 0.4) is 0 Å². The minimum atomic E-state index is -0.145. The summed E-state index contributed by atoms with van der Waals surface area (Å²) in [6.07, 6.45) is 0.380. The maximum atomic E-state index is 11.8. The second-order valence-corrected chi connectivity index (χ2v) is 4.34. The number of anilines is 1. The molecule has 1 aromatic heterocycles. The van der Waals surface area contributed by atoms with Crippen molar-refractivity contribution in [2.45, 2.75) is 33.7 Å². The number of halogens is 1. The van der Waals surface area contributed by atoms with Crippen LogP contribution in [0.2, 0.25) is 0 Å². The highest BCUT2D eigenvalue weighted by atomic mass is 35.5. The number of aliphatic hydroxyl groups is 1. The molecule has 0 fully saturated rings. The lowest BCUT2D eigenvalue weighted by Gasteiger charge is -2.12. The van der Waals surface area contributed by atoms with Crippen molar-refractivity contribution in [2.75, 3.05) is 12.3 Å². The van der Waals surface area contributed by atoms with Crippen LogP contribution in [0.25, 0.3) is 0 Å². The molecule has 0 aliphatic heterocycles. The van der Waals surface area contributed by atoms with E-state index in [0.29, 0.717) is 35.8 Å². The van der Waals surface area contributed by atoms with Gasteiger partial charge in [-0.25, -0.2) is 4.68 Å². The average Bonchev–Trinajstić information content (AvgIpc) is 2.21. The van der Waals surface area contributed by atoms with E-state index in [1.54, 1.807) is 6.92 Å². The Bertz CT molecular complexity index is 429. The maximum Gasteiger partial charge on any atom is 0.271 e. The van der Waals surface area contributed by atoms with Crippen LogP contribution in [0, 0.1) is 12.8 Å². The van der Waals surface area contributed by atoms with Crippen LogP contribution in [0.5, 0.6) is 0 Å². The predicted octanol–water partition coefficient (Wildman–Crippen LogP) is 0.747. The standard InChI is InChI=1S/C11H19N3O2.ClH/c1-7(2)6-14-11(16)8(3)10(12)9(13-14)4-5-15;/h7,15H,4-6,12H2,1-3H3;1H. The van der Waals surface area contributed by atoms with E-state index in [2.05, 4.69) is 5.10 Å². The molecular formula is C11H20ClN3O2. The van der Waals surface area contributed by atoms with Gasteiger partial charge in [-0.2, -0.15) is 5.10 Å². The van der Waals surface area contributed by atoms with Gasteiger partial charge in [-0.1, -0.05) is 13.8 Å². The van der Waals surface area contributed by atoms with Crippen LogP contribution in [0.1, 0.15) is 25.1 Å². The van der Waals surface area contributed by atoms with Crippen molar-refractivity contribution in [1.82, 2.24) is 9.78 Å². The van der Waals surface area contributed by atoms with Gasteiger partial charge in [0.2, 0.25) is 0 Å². The lowest BCUT2D eigenvalue weighted by Crippen LogP contribution is -2.29. The second kappa shape index (κ2) is 6.61. The molecule has 98 valence electrons. The van der Waals surface area contributed by atoms with Crippen LogP contribution in [0.15, 0.2) is 4.79 Å². The molecule has 1 aromatic rings. The highest BCUT2D eigenvalue weighted by Gasteiger charge is 2.11. The van der Waals surface area contributed by atoms with E-state index < -0.39 is 0 Å². The molecule has 0 atom stereocenters. The first-order chi connectivity index (χ1) is 7.47. The molecule has 1 rings (SSSR count). The van der Waals surface area contributed by atoms with Gasteiger partial charge in [0, 0.05) is 25.1 Å². The molecule has 3 N–H and O–H groups in total. The number of nitrogen functional groups attached to an aromatic ring is 1. The van der Waals surface area contributed by atoms with Gasteiger partial charge in [0.05, 0.1) is 11.4 Å². The minimum absolute atomic E-state index is 0. The normalized spacial score (nSPS) is 10.4. The Kier molecular flexibility index (Phi) is 6.20. The fraction of sp³-hybridized carbons (Fsp3) is 0.636. The number of hydrogen-bond donors (Lipinski definition) is 2.